The Morgan fingerprint density at radius 2 is 2.17 bits per heavy atom. The lowest BCUT2D eigenvalue weighted by atomic mass is 9.94. The highest BCUT2D eigenvalue weighted by Crippen LogP contribution is 2.62. The third kappa shape index (κ3) is 0.882. The first-order valence-electron chi connectivity index (χ1n) is 5.17. The van der Waals surface area contributed by atoms with Gasteiger partial charge in [0.2, 0.25) is 0 Å². The first kappa shape index (κ1) is 7.34. The summed E-state index contributed by atoms with van der Waals surface area (Å²) in [6, 6.07) is 0.426. The molecular formula is C10H17NO. The molecule has 1 saturated heterocycles. The third-order valence-corrected chi connectivity index (χ3v) is 4.28. The summed E-state index contributed by atoms with van der Waals surface area (Å²) in [5.41, 5.74) is 0.769. The lowest BCUT2D eigenvalue weighted by molar-refractivity contribution is 0.219. The van der Waals surface area contributed by atoms with Crippen molar-refractivity contribution >= 4 is 0 Å². The van der Waals surface area contributed by atoms with Gasteiger partial charge in [0, 0.05) is 6.04 Å². The van der Waals surface area contributed by atoms with Crippen molar-refractivity contribution in [3.63, 3.8) is 0 Å². The highest BCUT2D eigenvalue weighted by atomic mass is 16.3. The zero-order valence-corrected chi connectivity index (χ0v) is 7.42. The monoisotopic (exact) mass is 167 g/mol. The van der Waals surface area contributed by atoms with Crippen molar-refractivity contribution in [2.45, 2.75) is 31.7 Å². The van der Waals surface area contributed by atoms with Crippen molar-refractivity contribution in [3.8, 4) is 0 Å². The Bertz CT molecular complexity index is 200. The zero-order valence-electron chi connectivity index (χ0n) is 7.42. The van der Waals surface area contributed by atoms with E-state index in [9.17, 15) is 0 Å². The molecule has 68 valence electrons. The van der Waals surface area contributed by atoms with Gasteiger partial charge in [-0.2, -0.15) is 0 Å². The van der Waals surface area contributed by atoms with Gasteiger partial charge in [-0.05, 0) is 49.5 Å². The molecule has 2 nitrogen and oxygen atoms in total. The maximum absolute atomic E-state index is 9.14. The van der Waals surface area contributed by atoms with Gasteiger partial charge in [0.1, 0.15) is 0 Å². The molecule has 0 amide bonds. The SMILES string of the molecule is OCC1NCC2CC3(CC3)CC21. The van der Waals surface area contributed by atoms with Gasteiger partial charge in [-0.3, -0.25) is 0 Å². The molecule has 1 heterocycles. The second-order valence-corrected chi connectivity index (χ2v) is 5.03. The lowest BCUT2D eigenvalue weighted by Gasteiger charge is -2.15. The van der Waals surface area contributed by atoms with E-state index >= 15 is 0 Å². The smallest absolute Gasteiger partial charge is 0.0587 e. The van der Waals surface area contributed by atoms with Crippen molar-refractivity contribution in [3.05, 3.63) is 0 Å². The van der Waals surface area contributed by atoms with Crippen LogP contribution in [0.1, 0.15) is 25.7 Å². The van der Waals surface area contributed by atoms with E-state index in [4.69, 9.17) is 5.11 Å². The van der Waals surface area contributed by atoms with Crippen molar-refractivity contribution in [1.82, 2.24) is 5.32 Å². The second-order valence-electron chi connectivity index (χ2n) is 5.03. The predicted molar refractivity (Wildman–Crippen MR) is 46.8 cm³/mol. The van der Waals surface area contributed by atoms with Crippen molar-refractivity contribution in [2.75, 3.05) is 13.2 Å². The molecule has 1 aliphatic heterocycles. The highest BCUT2D eigenvalue weighted by molar-refractivity contribution is 5.08. The lowest BCUT2D eigenvalue weighted by Crippen LogP contribution is -2.31. The molecule has 3 rings (SSSR count). The quantitative estimate of drug-likeness (QED) is 0.604. The first-order chi connectivity index (χ1) is 5.83. The van der Waals surface area contributed by atoms with E-state index in [0.717, 1.165) is 23.8 Å². The summed E-state index contributed by atoms with van der Waals surface area (Å²) >= 11 is 0. The van der Waals surface area contributed by atoms with Crippen LogP contribution in [0.15, 0.2) is 0 Å². The van der Waals surface area contributed by atoms with E-state index in [2.05, 4.69) is 5.32 Å². The summed E-state index contributed by atoms with van der Waals surface area (Å²) in [6.07, 6.45) is 5.79. The average molecular weight is 167 g/mol. The minimum Gasteiger partial charge on any atom is -0.395 e. The van der Waals surface area contributed by atoms with Crippen LogP contribution in [-0.4, -0.2) is 24.3 Å². The number of hydrogen-bond donors (Lipinski definition) is 2. The molecule has 0 aromatic rings. The molecule has 0 bridgehead atoms. The zero-order chi connectivity index (χ0) is 8.18. The summed E-state index contributed by atoms with van der Waals surface area (Å²) in [7, 11) is 0. The van der Waals surface area contributed by atoms with Crippen LogP contribution in [0.25, 0.3) is 0 Å². The fourth-order valence-corrected chi connectivity index (χ4v) is 3.39. The van der Waals surface area contributed by atoms with E-state index in [0.29, 0.717) is 12.6 Å². The Morgan fingerprint density at radius 3 is 2.83 bits per heavy atom. The number of rotatable bonds is 1. The minimum absolute atomic E-state index is 0.344. The molecule has 2 heteroatoms. The van der Waals surface area contributed by atoms with Crippen LogP contribution in [0.2, 0.25) is 0 Å². The highest BCUT2D eigenvalue weighted by Gasteiger charge is 2.55. The van der Waals surface area contributed by atoms with E-state index in [1.54, 1.807) is 0 Å². The Labute approximate surface area is 73.4 Å². The van der Waals surface area contributed by atoms with Crippen LogP contribution in [0.3, 0.4) is 0 Å². The van der Waals surface area contributed by atoms with Gasteiger partial charge in [0.05, 0.1) is 6.61 Å². The van der Waals surface area contributed by atoms with Crippen molar-refractivity contribution < 1.29 is 5.11 Å². The Hall–Kier alpha value is -0.0800. The molecule has 2 N–H and O–H groups in total. The molecule has 2 aliphatic carbocycles. The van der Waals surface area contributed by atoms with Crippen LogP contribution in [0.5, 0.6) is 0 Å². The summed E-state index contributed by atoms with van der Waals surface area (Å²) in [5, 5.41) is 12.6. The molecule has 0 aromatic carbocycles. The van der Waals surface area contributed by atoms with Crippen molar-refractivity contribution in [1.29, 1.82) is 0 Å². The number of aliphatic hydroxyl groups is 1. The van der Waals surface area contributed by atoms with Crippen molar-refractivity contribution in [2.24, 2.45) is 17.3 Å². The molecule has 3 atom stereocenters. The third-order valence-electron chi connectivity index (χ3n) is 4.28. The minimum atomic E-state index is 0.344. The molecule has 0 aromatic heterocycles. The predicted octanol–water partition coefficient (Wildman–Crippen LogP) is 0.757. The van der Waals surface area contributed by atoms with Gasteiger partial charge in [0.25, 0.3) is 0 Å². The maximum Gasteiger partial charge on any atom is 0.0587 e. The standard InChI is InChI=1S/C10H17NO/c12-6-9-8-4-10(1-2-10)3-7(8)5-11-9/h7-9,11-12H,1-6H2. The number of aliphatic hydroxyl groups excluding tert-OH is 1. The van der Waals surface area contributed by atoms with E-state index in [1.807, 2.05) is 0 Å². The van der Waals surface area contributed by atoms with Gasteiger partial charge in [-0.15, -0.1) is 0 Å². The van der Waals surface area contributed by atoms with Crippen LogP contribution in [-0.2, 0) is 0 Å². The van der Waals surface area contributed by atoms with Gasteiger partial charge in [-0.1, -0.05) is 0 Å². The molecule has 3 fully saturated rings. The topological polar surface area (TPSA) is 32.3 Å². The Balaban J connectivity index is 1.76. The molecule has 12 heavy (non-hydrogen) atoms. The fraction of sp³-hybridized carbons (Fsp3) is 1.00. The number of fused-ring (bicyclic) bond motifs is 1. The second kappa shape index (κ2) is 2.24. The van der Waals surface area contributed by atoms with Gasteiger partial charge < -0.3 is 10.4 Å². The fourth-order valence-electron chi connectivity index (χ4n) is 3.39. The van der Waals surface area contributed by atoms with E-state index < -0.39 is 0 Å². The largest absolute Gasteiger partial charge is 0.395 e. The summed E-state index contributed by atoms with van der Waals surface area (Å²) < 4.78 is 0. The Morgan fingerprint density at radius 1 is 1.33 bits per heavy atom. The van der Waals surface area contributed by atoms with Gasteiger partial charge in [-0.25, -0.2) is 0 Å². The first-order valence-corrected chi connectivity index (χ1v) is 5.17. The number of hydrogen-bond acceptors (Lipinski definition) is 2. The van der Waals surface area contributed by atoms with Gasteiger partial charge >= 0.3 is 0 Å². The molecule has 3 aliphatic rings. The summed E-state index contributed by atoms with van der Waals surface area (Å²) in [4.78, 5) is 0. The van der Waals surface area contributed by atoms with E-state index in [1.165, 1.54) is 25.7 Å². The molecule has 1 spiro atoms. The Kier molecular flexibility index (Phi) is 1.37. The van der Waals surface area contributed by atoms with Gasteiger partial charge in [0.15, 0.2) is 0 Å². The normalized spacial score (nSPS) is 48.2. The van der Waals surface area contributed by atoms with Crippen LogP contribution >= 0.6 is 0 Å². The maximum atomic E-state index is 9.14. The summed E-state index contributed by atoms with van der Waals surface area (Å²) in [5.74, 6) is 1.70. The average Bonchev–Trinajstić information content (AvgIpc) is 2.52. The van der Waals surface area contributed by atoms with E-state index in [-0.39, 0.29) is 0 Å². The molecular weight excluding hydrogens is 150 g/mol. The van der Waals surface area contributed by atoms with Crippen LogP contribution in [0, 0.1) is 17.3 Å². The van der Waals surface area contributed by atoms with Crippen LogP contribution < -0.4 is 5.32 Å². The summed E-state index contributed by atoms with van der Waals surface area (Å²) in [6.45, 7) is 1.51. The number of nitrogens with one attached hydrogen (secondary N) is 1. The molecule has 0 radical (unpaired) electrons. The molecule has 3 unspecified atom stereocenters. The molecule has 2 saturated carbocycles. The van der Waals surface area contributed by atoms with Crippen LogP contribution in [0.4, 0.5) is 0 Å².